The van der Waals surface area contributed by atoms with Crippen LogP contribution in [0, 0.1) is 5.82 Å². The van der Waals surface area contributed by atoms with Gasteiger partial charge < -0.3 is 16.4 Å². The predicted molar refractivity (Wildman–Crippen MR) is 65.3 cm³/mol. The van der Waals surface area contributed by atoms with Gasteiger partial charge in [0.25, 0.3) is 0 Å². The first-order valence-electron chi connectivity index (χ1n) is 5.20. The zero-order valence-corrected chi connectivity index (χ0v) is 10.3. The second-order valence-corrected chi connectivity index (χ2v) is 3.91. The van der Waals surface area contributed by atoms with E-state index in [-0.39, 0.29) is 30.6 Å². The molecule has 0 saturated heterocycles. The first-order chi connectivity index (χ1) is 8.52. The molecule has 0 bridgehead atoms. The molecule has 1 rings (SSSR count). The van der Waals surface area contributed by atoms with Gasteiger partial charge in [-0.1, -0.05) is 17.7 Å². The summed E-state index contributed by atoms with van der Waals surface area (Å²) in [6.07, 6.45) is 0. The van der Waals surface area contributed by atoms with Gasteiger partial charge in [-0.3, -0.25) is 9.59 Å². The molecule has 0 heterocycles. The van der Waals surface area contributed by atoms with E-state index >= 15 is 0 Å². The van der Waals surface area contributed by atoms with Crippen molar-refractivity contribution >= 4 is 23.4 Å². The largest absolute Gasteiger partial charge is 0.350 e. The minimum Gasteiger partial charge on any atom is -0.350 e. The smallest absolute Gasteiger partial charge is 0.239 e. The van der Waals surface area contributed by atoms with Gasteiger partial charge in [0.1, 0.15) is 5.82 Å². The SMILES string of the molecule is NCC(=O)NCC(=O)NCc1ccc(F)c(Cl)c1. The number of amides is 2. The Labute approximate surface area is 108 Å². The topological polar surface area (TPSA) is 84.2 Å². The first-order valence-corrected chi connectivity index (χ1v) is 5.58. The number of hydrogen-bond donors (Lipinski definition) is 3. The van der Waals surface area contributed by atoms with Crippen LogP contribution in [0.1, 0.15) is 5.56 Å². The van der Waals surface area contributed by atoms with Gasteiger partial charge in [0.05, 0.1) is 18.1 Å². The van der Waals surface area contributed by atoms with Crippen LogP contribution in [0.25, 0.3) is 0 Å². The number of benzene rings is 1. The predicted octanol–water partition coefficient (Wildman–Crippen LogP) is 0.170. The summed E-state index contributed by atoms with van der Waals surface area (Å²) < 4.78 is 12.9. The van der Waals surface area contributed by atoms with Crippen LogP contribution < -0.4 is 16.4 Å². The Hall–Kier alpha value is -1.66. The van der Waals surface area contributed by atoms with Crippen molar-refractivity contribution in [2.75, 3.05) is 13.1 Å². The molecule has 0 atom stereocenters. The van der Waals surface area contributed by atoms with E-state index in [9.17, 15) is 14.0 Å². The van der Waals surface area contributed by atoms with Gasteiger partial charge in [-0.2, -0.15) is 0 Å². The summed E-state index contributed by atoms with van der Waals surface area (Å²) in [7, 11) is 0. The monoisotopic (exact) mass is 273 g/mol. The van der Waals surface area contributed by atoms with E-state index in [1.807, 2.05) is 0 Å². The molecule has 5 nitrogen and oxygen atoms in total. The molecule has 18 heavy (non-hydrogen) atoms. The lowest BCUT2D eigenvalue weighted by Crippen LogP contribution is -2.39. The van der Waals surface area contributed by atoms with E-state index < -0.39 is 11.7 Å². The van der Waals surface area contributed by atoms with Gasteiger partial charge in [0.15, 0.2) is 0 Å². The summed E-state index contributed by atoms with van der Waals surface area (Å²) in [6.45, 7) is -0.108. The maximum atomic E-state index is 12.9. The quantitative estimate of drug-likeness (QED) is 0.715. The fraction of sp³-hybridized carbons (Fsp3) is 0.273. The van der Waals surface area contributed by atoms with Crippen molar-refractivity contribution in [3.8, 4) is 0 Å². The fourth-order valence-electron chi connectivity index (χ4n) is 1.16. The zero-order valence-electron chi connectivity index (χ0n) is 9.50. The maximum absolute atomic E-state index is 12.9. The van der Waals surface area contributed by atoms with Crippen molar-refractivity contribution in [2.45, 2.75) is 6.54 Å². The van der Waals surface area contributed by atoms with Crippen LogP contribution >= 0.6 is 11.6 Å². The van der Waals surface area contributed by atoms with Crippen molar-refractivity contribution in [1.82, 2.24) is 10.6 Å². The number of nitrogens with one attached hydrogen (secondary N) is 2. The molecule has 4 N–H and O–H groups in total. The summed E-state index contributed by atoms with van der Waals surface area (Å²) in [6, 6.07) is 4.16. The highest BCUT2D eigenvalue weighted by Gasteiger charge is 2.05. The van der Waals surface area contributed by atoms with Crippen LogP contribution in [0.5, 0.6) is 0 Å². The van der Waals surface area contributed by atoms with E-state index in [2.05, 4.69) is 10.6 Å². The number of halogens is 2. The average Bonchev–Trinajstić information content (AvgIpc) is 2.37. The van der Waals surface area contributed by atoms with Gasteiger partial charge in [0, 0.05) is 6.54 Å². The molecule has 0 fully saturated rings. The Kier molecular flexibility index (Phi) is 5.54. The molecule has 0 aliphatic carbocycles. The van der Waals surface area contributed by atoms with Crippen LogP contribution in [0.3, 0.4) is 0 Å². The second-order valence-electron chi connectivity index (χ2n) is 3.51. The molecule has 0 aliphatic rings. The third kappa shape index (κ3) is 4.68. The highest BCUT2D eigenvalue weighted by molar-refractivity contribution is 6.30. The van der Waals surface area contributed by atoms with E-state index in [0.29, 0.717) is 5.56 Å². The second kappa shape index (κ2) is 6.93. The average molecular weight is 274 g/mol. The molecule has 0 unspecified atom stereocenters. The number of nitrogens with two attached hydrogens (primary N) is 1. The van der Waals surface area contributed by atoms with E-state index in [1.165, 1.54) is 18.2 Å². The van der Waals surface area contributed by atoms with Crippen LogP contribution in [-0.4, -0.2) is 24.9 Å². The van der Waals surface area contributed by atoms with Crippen LogP contribution in [0.2, 0.25) is 5.02 Å². The summed E-state index contributed by atoms with van der Waals surface area (Å²) in [4.78, 5) is 22.1. The Balaban J connectivity index is 2.38. The van der Waals surface area contributed by atoms with Gasteiger partial charge >= 0.3 is 0 Å². The summed E-state index contributed by atoms with van der Waals surface area (Å²) in [5.74, 6) is -1.28. The Morgan fingerprint density at radius 2 is 2.00 bits per heavy atom. The van der Waals surface area contributed by atoms with Gasteiger partial charge in [-0.05, 0) is 17.7 Å². The van der Waals surface area contributed by atoms with E-state index in [1.54, 1.807) is 0 Å². The zero-order chi connectivity index (χ0) is 13.5. The molecule has 2 amide bonds. The molecule has 0 spiro atoms. The van der Waals surface area contributed by atoms with Crippen LogP contribution in [0.4, 0.5) is 4.39 Å². The highest BCUT2D eigenvalue weighted by atomic mass is 35.5. The summed E-state index contributed by atoms with van der Waals surface area (Å²) in [5.41, 5.74) is 5.73. The first kappa shape index (κ1) is 14.4. The third-order valence-electron chi connectivity index (χ3n) is 2.11. The van der Waals surface area contributed by atoms with E-state index in [0.717, 1.165) is 0 Å². The van der Waals surface area contributed by atoms with Crippen LogP contribution in [0.15, 0.2) is 18.2 Å². The van der Waals surface area contributed by atoms with Crippen molar-refractivity contribution in [2.24, 2.45) is 5.73 Å². The molecule has 1 aromatic carbocycles. The molecule has 0 aliphatic heterocycles. The highest BCUT2D eigenvalue weighted by Crippen LogP contribution is 2.15. The molecular formula is C11H13ClFN3O2. The molecule has 98 valence electrons. The molecule has 7 heteroatoms. The Bertz CT molecular complexity index is 454. The lowest BCUT2D eigenvalue weighted by atomic mass is 10.2. The van der Waals surface area contributed by atoms with Gasteiger partial charge in [0.2, 0.25) is 11.8 Å². The molecule has 0 radical (unpaired) electrons. The standard InChI is InChI=1S/C11H13ClFN3O2/c12-8-3-7(1-2-9(8)13)5-15-11(18)6-16-10(17)4-14/h1-3H,4-6,14H2,(H,15,18)(H,16,17). The normalized spacial score (nSPS) is 9.94. The van der Waals surface area contributed by atoms with E-state index in [4.69, 9.17) is 17.3 Å². The number of rotatable bonds is 5. The van der Waals surface area contributed by atoms with Crippen molar-refractivity contribution in [3.05, 3.63) is 34.6 Å². The van der Waals surface area contributed by atoms with Crippen molar-refractivity contribution in [3.63, 3.8) is 0 Å². The minimum atomic E-state index is -0.512. The lowest BCUT2D eigenvalue weighted by molar-refractivity contribution is -0.125. The van der Waals surface area contributed by atoms with Gasteiger partial charge in [-0.25, -0.2) is 4.39 Å². The summed E-state index contributed by atoms with van der Waals surface area (Å²) in [5, 5.41) is 4.87. The third-order valence-corrected chi connectivity index (χ3v) is 2.39. The van der Waals surface area contributed by atoms with Crippen LogP contribution in [-0.2, 0) is 16.1 Å². The number of hydrogen-bond acceptors (Lipinski definition) is 3. The number of carbonyl (C=O) groups is 2. The molecular weight excluding hydrogens is 261 g/mol. The van der Waals surface area contributed by atoms with Gasteiger partial charge in [-0.15, -0.1) is 0 Å². The maximum Gasteiger partial charge on any atom is 0.239 e. The molecule has 0 aromatic heterocycles. The molecule has 0 saturated carbocycles. The van der Waals surface area contributed by atoms with Crippen molar-refractivity contribution in [1.29, 1.82) is 0 Å². The Morgan fingerprint density at radius 3 is 2.61 bits per heavy atom. The molecule has 1 aromatic rings. The number of carbonyl (C=O) groups excluding carboxylic acids is 2. The minimum absolute atomic E-state index is 0.00168. The Morgan fingerprint density at radius 1 is 1.28 bits per heavy atom. The summed E-state index contributed by atoms with van der Waals surface area (Å²) >= 11 is 5.59. The van der Waals surface area contributed by atoms with Crippen molar-refractivity contribution < 1.29 is 14.0 Å². The fourth-order valence-corrected chi connectivity index (χ4v) is 1.37. The lowest BCUT2D eigenvalue weighted by Gasteiger charge is -2.06.